The van der Waals surface area contributed by atoms with Crippen LogP contribution in [0.5, 0.6) is 0 Å². The summed E-state index contributed by atoms with van der Waals surface area (Å²) in [6, 6.07) is 7.00. The van der Waals surface area contributed by atoms with Crippen molar-refractivity contribution >= 4 is 5.97 Å². The van der Waals surface area contributed by atoms with Gasteiger partial charge < -0.3 is 10.2 Å². The van der Waals surface area contributed by atoms with Gasteiger partial charge in [-0.05, 0) is 31.9 Å². The Morgan fingerprint density at radius 3 is 2.07 bits per heavy atom. The van der Waals surface area contributed by atoms with E-state index < -0.39 is 17.5 Å². The second-order valence-corrected chi connectivity index (χ2v) is 4.24. The van der Waals surface area contributed by atoms with Crippen molar-refractivity contribution in [1.82, 2.24) is 0 Å². The molecule has 82 valence electrons. The van der Waals surface area contributed by atoms with E-state index in [-0.39, 0.29) is 0 Å². The highest BCUT2D eigenvalue weighted by Crippen LogP contribution is 2.22. The zero-order valence-corrected chi connectivity index (χ0v) is 9.19. The molecule has 1 aromatic carbocycles. The predicted molar refractivity (Wildman–Crippen MR) is 57.7 cm³/mol. The summed E-state index contributed by atoms with van der Waals surface area (Å²) in [5, 5.41) is 18.5. The molecule has 0 bridgehead atoms. The molecule has 0 aliphatic carbocycles. The summed E-state index contributed by atoms with van der Waals surface area (Å²) < 4.78 is 0. The number of hydrogen-bond acceptors (Lipinski definition) is 2. The molecule has 0 aromatic heterocycles. The Labute approximate surface area is 89.4 Å². The van der Waals surface area contributed by atoms with Crippen LogP contribution in [0.2, 0.25) is 0 Å². The standard InChI is InChI=1S/C12H16O3/c1-8(11(13)14)9-4-6-10(7-5-9)12(2,3)15/h4-8,15H,1-3H3,(H,13,14). The molecule has 0 radical (unpaired) electrons. The normalized spacial score (nSPS) is 13.6. The first kappa shape index (κ1) is 11.7. The molecule has 0 aliphatic heterocycles. The number of aliphatic carboxylic acids is 1. The Balaban J connectivity index is 2.95. The minimum absolute atomic E-state index is 0.513. The lowest BCUT2D eigenvalue weighted by Crippen LogP contribution is -2.15. The molecule has 0 spiro atoms. The maximum Gasteiger partial charge on any atom is 0.310 e. The van der Waals surface area contributed by atoms with E-state index in [2.05, 4.69) is 0 Å². The quantitative estimate of drug-likeness (QED) is 0.799. The predicted octanol–water partition coefficient (Wildman–Crippen LogP) is 2.10. The number of carbonyl (C=O) groups is 1. The highest BCUT2D eigenvalue weighted by Gasteiger charge is 2.17. The molecule has 0 aliphatic rings. The van der Waals surface area contributed by atoms with Crippen LogP contribution in [0.3, 0.4) is 0 Å². The van der Waals surface area contributed by atoms with Crippen LogP contribution in [0.15, 0.2) is 24.3 Å². The summed E-state index contributed by atoms with van der Waals surface area (Å²) in [6.07, 6.45) is 0. The zero-order valence-electron chi connectivity index (χ0n) is 9.19. The first-order chi connectivity index (χ1) is 6.82. The molecule has 0 amide bonds. The molecule has 1 unspecified atom stereocenters. The van der Waals surface area contributed by atoms with Crippen molar-refractivity contribution in [3.05, 3.63) is 35.4 Å². The van der Waals surface area contributed by atoms with Gasteiger partial charge in [0.05, 0.1) is 11.5 Å². The molecule has 2 N–H and O–H groups in total. The maximum atomic E-state index is 10.7. The van der Waals surface area contributed by atoms with Gasteiger partial charge in [-0.1, -0.05) is 24.3 Å². The largest absolute Gasteiger partial charge is 0.481 e. The maximum absolute atomic E-state index is 10.7. The molecule has 1 rings (SSSR count). The number of hydrogen-bond donors (Lipinski definition) is 2. The number of carboxylic acid groups (broad SMARTS) is 1. The van der Waals surface area contributed by atoms with Gasteiger partial charge in [-0.2, -0.15) is 0 Å². The van der Waals surface area contributed by atoms with Crippen LogP contribution in [0.1, 0.15) is 37.8 Å². The Hall–Kier alpha value is -1.35. The summed E-state index contributed by atoms with van der Waals surface area (Å²) in [5.41, 5.74) is 0.643. The van der Waals surface area contributed by atoms with Gasteiger partial charge in [0.2, 0.25) is 0 Å². The lowest BCUT2D eigenvalue weighted by Gasteiger charge is -2.18. The van der Waals surface area contributed by atoms with E-state index in [0.29, 0.717) is 0 Å². The van der Waals surface area contributed by atoms with Crippen LogP contribution in [0.4, 0.5) is 0 Å². The van der Waals surface area contributed by atoms with Crippen molar-refractivity contribution in [3.8, 4) is 0 Å². The fourth-order valence-electron chi connectivity index (χ4n) is 1.32. The van der Waals surface area contributed by atoms with Crippen molar-refractivity contribution in [2.24, 2.45) is 0 Å². The highest BCUT2D eigenvalue weighted by molar-refractivity contribution is 5.75. The minimum Gasteiger partial charge on any atom is -0.481 e. The molecule has 0 saturated carbocycles. The molecular weight excluding hydrogens is 192 g/mol. The van der Waals surface area contributed by atoms with E-state index >= 15 is 0 Å². The average molecular weight is 208 g/mol. The fraction of sp³-hybridized carbons (Fsp3) is 0.417. The van der Waals surface area contributed by atoms with Crippen LogP contribution in [0.25, 0.3) is 0 Å². The highest BCUT2D eigenvalue weighted by atomic mass is 16.4. The lowest BCUT2D eigenvalue weighted by molar-refractivity contribution is -0.138. The number of aliphatic hydroxyl groups is 1. The van der Waals surface area contributed by atoms with E-state index in [0.717, 1.165) is 11.1 Å². The second kappa shape index (κ2) is 4.03. The van der Waals surface area contributed by atoms with Gasteiger partial charge in [-0.15, -0.1) is 0 Å². The number of carboxylic acids is 1. The third-order valence-corrected chi connectivity index (χ3v) is 2.49. The van der Waals surface area contributed by atoms with E-state index in [4.69, 9.17) is 5.11 Å². The third kappa shape index (κ3) is 2.80. The van der Waals surface area contributed by atoms with Crippen LogP contribution >= 0.6 is 0 Å². The topological polar surface area (TPSA) is 57.5 Å². The SMILES string of the molecule is CC(C(=O)O)c1ccc(C(C)(C)O)cc1. The smallest absolute Gasteiger partial charge is 0.310 e. The van der Waals surface area contributed by atoms with Crippen molar-refractivity contribution in [2.45, 2.75) is 32.3 Å². The number of rotatable bonds is 3. The molecule has 1 aromatic rings. The van der Waals surface area contributed by atoms with Gasteiger partial charge in [-0.25, -0.2) is 0 Å². The Kier molecular flexibility index (Phi) is 3.15. The summed E-state index contributed by atoms with van der Waals surface area (Å²) in [4.78, 5) is 10.7. The van der Waals surface area contributed by atoms with Gasteiger partial charge in [0.25, 0.3) is 0 Å². The summed E-state index contributed by atoms with van der Waals surface area (Å²) in [6.45, 7) is 5.03. The van der Waals surface area contributed by atoms with Crippen molar-refractivity contribution in [3.63, 3.8) is 0 Å². The van der Waals surface area contributed by atoms with Crippen LogP contribution in [0, 0.1) is 0 Å². The van der Waals surface area contributed by atoms with Gasteiger partial charge in [0.15, 0.2) is 0 Å². The van der Waals surface area contributed by atoms with Gasteiger partial charge in [0.1, 0.15) is 0 Å². The van der Waals surface area contributed by atoms with Crippen molar-refractivity contribution in [1.29, 1.82) is 0 Å². The van der Waals surface area contributed by atoms with Gasteiger partial charge in [0, 0.05) is 0 Å². The van der Waals surface area contributed by atoms with E-state index in [1.54, 1.807) is 45.0 Å². The van der Waals surface area contributed by atoms with E-state index in [1.165, 1.54) is 0 Å². The van der Waals surface area contributed by atoms with E-state index in [1.807, 2.05) is 0 Å². The van der Waals surface area contributed by atoms with Crippen LogP contribution in [-0.2, 0) is 10.4 Å². The Morgan fingerprint density at radius 1 is 1.27 bits per heavy atom. The van der Waals surface area contributed by atoms with E-state index in [9.17, 15) is 9.90 Å². The van der Waals surface area contributed by atoms with Gasteiger partial charge in [-0.3, -0.25) is 4.79 Å². The van der Waals surface area contributed by atoms with Crippen molar-refractivity contribution < 1.29 is 15.0 Å². The Bertz CT molecular complexity index is 346. The molecule has 0 saturated heterocycles. The first-order valence-corrected chi connectivity index (χ1v) is 4.88. The molecule has 0 fully saturated rings. The molecule has 0 heterocycles. The lowest BCUT2D eigenvalue weighted by atomic mass is 9.94. The zero-order chi connectivity index (χ0) is 11.6. The fourth-order valence-corrected chi connectivity index (χ4v) is 1.32. The molecular formula is C12H16O3. The molecule has 3 heteroatoms. The molecule has 1 atom stereocenters. The average Bonchev–Trinajstić information content (AvgIpc) is 2.15. The van der Waals surface area contributed by atoms with Gasteiger partial charge >= 0.3 is 5.97 Å². The number of benzene rings is 1. The first-order valence-electron chi connectivity index (χ1n) is 4.88. The van der Waals surface area contributed by atoms with Crippen LogP contribution in [-0.4, -0.2) is 16.2 Å². The third-order valence-electron chi connectivity index (χ3n) is 2.49. The minimum atomic E-state index is -0.884. The second-order valence-electron chi connectivity index (χ2n) is 4.24. The van der Waals surface area contributed by atoms with Crippen molar-refractivity contribution in [2.75, 3.05) is 0 Å². The summed E-state index contributed by atoms with van der Waals surface area (Å²) >= 11 is 0. The Morgan fingerprint density at radius 2 is 1.73 bits per heavy atom. The monoisotopic (exact) mass is 208 g/mol. The summed E-state index contributed by atoms with van der Waals surface area (Å²) in [5.74, 6) is -1.35. The summed E-state index contributed by atoms with van der Waals surface area (Å²) in [7, 11) is 0. The van der Waals surface area contributed by atoms with Crippen LogP contribution < -0.4 is 0 Å². The molecule has 15 heavy (non-hydrogen) atoms. The molecule has 3 nitrogen and oxygen atoms in total.